The van der Waals surface area contributed by atoms with E-state index in [1.54, 1.807) is 0 Å². The molecule has 0 unspecified atom stereocenters. The Kier molecular flexibility index (Phi) is 4.31. The lowest BCUT2D eigenvalue weighted by atomic mass is 10.1. The molecule has 2 rings (SSSR count). The molecule has 1 aliphatic rings. The van der Waals surface area contributed by atoms with Crippen molar-refractivity contribution in [2.45, 2.75) is 23.8 Å². The lowest BCUT2D eigenvalue weighted by molar-refractivity contribution is -0.385. The van der Waals surface area contributed by atoms with Gasteiger partial charge in [0.15, 0.2) is 0 Å². The summed E-state index contributed by atoms with van der Waals surface area (Å²) < 4.78 is 40.2. The molecule has 1 atom stereocenters. The summed E-state index contributed by atoms with van der Waals surface area (Å²) in [5.74, 6) is -1.01. The predicted octanol–water partition coefficient (Wildman–Crippen LogP) is 0.764. The van der Waals surface area contributed by atoms with Crippen molar-refractivity contribution in [1.29, 1.82) is 0 Å². The van der Waals surface area contributed by atoms with Crippen LogP contribution in [0.4, 0.5) is 10.1 Å². The van der Waals surface area contributed by atoms with E-state index in [0.717, 1.165) is 31.2 Å². The van der Waals surface area contributed by atoms with Crippen molar-refractivity contribution in [1.82, 2.24) is 10.0 Å². The maximum Gasteiger partial charge on any atom is 0.270 e. The van der Waals surface area contributed by atoms with Crippen molar-refractivity contribution in [3.63, 3.8) is 0 Å². The topological polar surface area (TPSA) is 101 Å². The quantitative estimate of drug-likeness (QED) is 0.632. The molecule has 2 N–H and O–H groups in total. The van der Waals surface area contributed by atoms with Gasteiger partial charge in [-0.2, -0.15) is 0 Å². The third-order valence-corrected chi connectivity index (χ3v) is 4.57. The van der Waals surface area contributed by atoms with Crippen molar-refractivity contribution in [2.75, 3.05) is 13.1 Å². The molecule has 0 bridgehead atoms. The van der Waals surface area contributed by atoms with Gasteiger partial charge >= 0.3 is 0 Å². The number of nitro benzene ring substituents is 1. The Labute approximate surface area is 115 Å². The first-order valence-electron chi connectivity index (χ1n) is 6.07. The van der Waals surface area contributed by atoms with Crippen LogP contribution in [0.15, 0.2) is 23.1 Å². The van der Waals surface area contributed by atoms with E-state index in [9.17, 15) is 22.9 Å². The van der Waals surface area contributed by atoms with Crippen LogP contribution in [0.2, 0.25) is 0 Å². The standard InChI is InChI=1S/C11H14FN3O4S/c12-10-4-3-9(15(16)17)6-11(10)20(18,19)14-8-2-1-5-13-7-8/h3-4,6,8,13-14H,1-2,5,7H2/t8-/m1/s1. The molecule has 1 aromatic rings. The Morgan fingerprint density at radius 3 is 2.80 bits per heavy atom. The van der Waals surface area contributed by atoms with Crippen LogP contribution in [0, 0.1) is 15.9 Å². The molecular formula is C11H14FN3O4S. The van der Waals surface area contributed by atoms with Crippen molar-refractivity contribution in [3.05, 3.63) is 34.1 Å². The number of rotatable bonds is 4. The van der Waals surface area contributed by atoms with Gasteiger partial charge in [-0.1, -0.05) is 0 Å². The van der Waals surface area contributed by atoms with Gasteiger partial charge in [0.2, 0.25) is 10.0 Å². The van der Waals surface area contributed by atoms with Crippen LogP contribution in [-0.4, -0.2) is 32.5 Å². The zero-order valence-corrected chi connectivity index (χ0v) is 11.3. The molecule has 0 spiro atoms. The zero-order chi connectivity index (χ0) is 14.8. The summed E-state index contributed by atoms with van der Waals surface area (Å²) in [7, 11) is -4.12. The number of piperidine rings is 1. The van der Waals surface area contributed by atoms with Crippen LogP contribution in [0.1, 0.15) is 12.8 Å². The number of nitrogens with one attached hydrogen (secondary N) is 2. The molecule has 0 aromatic heterocycles. The summed E-state index contributed by atoms with van der Waals surface area (Å²) in [4.78, 5) is 9.18. The van der Waals surface area contributed by atoms with E-state index in [2.05, 4.69) is 10.0 Å². The molecule has 20 heavy (non-hydrogen) atoms. The van der Waals surface area contributed by atoms with Crippen molar-refractivity contribution < 1.29 is 17.7 Å². The smallest absolute Gasteiger partial charge is 0.270 e. The summed E-state index contributed by atoms with van der Waals surface area (Å²) >= 11 is 0. The third kappa shape index (κ3) is 3.30. The van der Waals surface area contributed by atoms with E-state index in [4.69, 9.17) is 0 Å². The third-order valence-electron chi connectivity index (χ3n) is 3.03. The molecule has 1 aliphatic heterocycles. The molecule has 0 amide bonds. The van der Waals surface area contributed by atoms with Gasteiger partial charge in [0.25, 0.3) is 5.69 Å². The van der Waals surface area contributed by atoms with E-state index in [1.807, 2.05) is 0 Å². The first kappa shape index (κ1) is 14.8. The first-order chi connectivity index (χ1) is 9.40. The molecule has 0 radical (unpaired) electrons. The lowest BCUT2D eigenvalue weighted by Crippen LogP contribution is -2.45. The highest BCUT2D eigenvalue weighted by Crippen LogP contribution is 2.21. The summed E-state index contributed by atoms with van der Waals surface area (Å²) in [5, 5.41) is 13.7. The van der Waals surface area contributed by atoms with E-state index >= 15 is 0 Å². The molecule has 1 fully saturated rings. The Morgan fingerprint density at radius 2 is 2.20 bits per heavy atom. The SMILES string of the molecule is O=[N+]([O-])c1ccc(F)c(S(=O)(=O)N[C@@H]2CCCNC2)c1. The maximum atomic E-state index is 13.6. The maximum absolute atomic E-state index is 13.6. The summed E-state index contributed by atoms with van der Waals surface area (Å²) in [5.41, 5.74) is -0.464. The van der Waals surface area contributed by atoms with Gasteiger partial charge in [-0.05, 0) is 25.5 Å². The van der Waals surface area contributed by atoms with E-state index < -0.39 is 31.3 Å². The number of hydrogen-bond acceptors (Lipinski definition) is 5. The number of nitrogens with zero attached hydrogens (tertiary/aromatic N) is 1. The van der Waals surface area contributed by atoms with E-state index in [0.29, 0.717) is 13.0 Å². The molecule has 1 heterocycles. The molecular weight excluding hydrogens is 289 g/mol. The normalized spacial score (nSPS) is 19.8. The van der Waals surface area contributed by atoms with Gasteiger partial charge in [0, 0.05) is 24.7 Å². The van der Waals surface area contributed by atoms with Crippen molar-refractivity contribution in [2.24, 2.45) is 0 Å². The molecule has 1 aromatic carbocycles. The minimum atomic E-state index is -4.12. The lowest BCUT2D eigenvalue weighted by Gasteiger charge is -2.23. The average Bonchev–Trinajstić information content (AvgIpc) is 2.39. The fraction of sp³-hybridized carbons (Fsp3) is 0.455. The first-order valence-corrected chi connectivity index (χ1v) is 7.55. The van der Waals surface area contributed by atoms with Gasteiger partial charge in [-0.25, -0.2) is 17.5 Å². The highest BCUT2D eigenvalue weighted by Gasteiger charge is 2.26. The van der Waals surface area contributed by atoms with Crippen LogP contribution < -0.4 is 10.0 Å². The minimum Gasteiger partial charge on any atom is -0.315 e. The van der Waals surface area contributed by atoms with Gasteiger partial charge in [0.05, 0.1) is 4.92 Å². The number of nitro groups is 1. The van der Waals surface area contributed by atoms with Crippen molar-refractivity contribution >= 4 is 15.7 Å². The second kappa shape index (κ2) is 5.81. The van der Waals surface area contributed by atoms with Crippen LogP contribution >= 0.6 is 0 Å². The second-order valence-electron chi connectivity index (χ2n) is 4.54. The highest BCUT2D eigenvalue weighted by molar-refractivity contribution is 7.89. The number of halogens is 1. The number of non-ortho nitro benzene ring substituents is 1. The molecule has 0 aliphatic carbocycles. The van der Waals surface area contributed by atoms with Gasteiger partial charge in [-0.15, -0.1) is 0 Å². The Bertz CT molecular complexity index is 614. The summed E-state index contributed by atoms with van der Waals surface area (Å²) in [6, 6.07) is 2.10. The molecule has 1 saturated heterocycles. The fourth-order valence-corrected chi connectivity index (χ4v) is 3.41. The number of benzene rings is 1. The van der Waals surface area contributed by atoms with Crippen LogP contribution in [0.3, 0.4) is 0 Å². The predicted molar refractivity (Wildman–Crippen MR) is 69.3 cm³/mol. The average molecular weight is 303 g/mol. The Balaban J connectivity index is 2.28. The molecule has 110 valence electrons. The van der Waals surface area contributed by atoms with E-state index in [1.165, 1.54) is 0 Å². The Hall–Kier alpha value is -1.58. The van der Waals surface area contributed by atoms with Gasteiger partial charge < -0.3 is 5.32 Å². The fourth-order valence-electron chi connectivity index (χ4n) is 2.05. The van der Waals surface area contributed by atoms with Crippen LogP contribution in [-0.2, 0) is 10.0 Å². The zero-order valence-electron chi connectivity index (χ0n) is 10.5. The van der Waals surface area contributed by atoms with Gasteiger partial charge in [-0.3, -0.25) is 10.1 Å². The summed E-state index contributed by atoms with van der Waals surface area (Å²) in [6.07, 6.45) is 1.45. The van der Waals surface area contributed by atoms with Gasteiger partial charge in [0.1, 0.15) is 10.7 Å². The van der Waals surface area contributed by atoms with E-state index in [-0.39, 0.29) is 6.04 Å². The monoisotopic (exact) mass is 303 g/mol. The van der Waals surface area contributed by atoms with Crippen molar-refractivity contribution in [3.8, 4) is 0 Å². The highest BCUT2D eigenvalue weighted by atomic mass is 32.2. The van der Waals surface area contributed by atoms with Crippen LogP contribution in [0.5, 0.6) is 0 Å². The minimum absolute atomic E-state index is 0.340. The van der Waals surface area contributed by atoms with Crippen LogP contribution in [0.25, 0.3) is 0 Å². The molecule has 0 saturated carbocycles. The number of sulfonamides is 1. The molecule has 7 nitrogen and oxygen atoms in total. The number of hydrogen-bond donors (Lipinski definition) is 2. The second-order valence-corrected chi connectivity index (χ2v) is 6.22. The molecule has 9 heteroatoms. The Morgan fingerprint density at radius 1 is 1.45 bits per heavy atom. The largest absolute Gasteiger partial charge is 0.315 e. The summed E-state index contributed by atoms with van der Waals surface area (Å²) in [6.45, 7) is 1.26.